The Labute approximate surface area is 258 Å². The molecule has 2 aliphatic rings. The van der Waals surface area contributed by atoms with Crippen LogP contribution in [0.25, 0.3) is 10.9 Å². The number of aromatic nitrogens is 2. The van der Waals surface area contributed by atoms with Gasteiger partial charge in [0.15, 0.2) is 0 Å². The number of pyridine rings is 1. The Morgan fingerprint density at radius 2 is 1.98 bits per heavy atom. The van der Waals surface area contributed by atoms with Gasteiger partial charge in [-0.1, -0.05) is 6.07 Å². The van der Waals surface area contributed by atoms with Crippen molar-refractivity contribution in [3.05, 3.63) is 78.2 Å². The summed E-state index contributed by atoms with van der Waals surface area (Å²) in [6.07, 6.45) is 2.03. The van der Waals surface area contributed by atoms with Crippen molar-refractivity contribution in [3.63, 3.8) is 0 Å². The van der Waals surface area contributed by atoms with Crippen molar-refractivity contribution in [2.45, 2.75) is 44.4 Å². The number of aromatic hydroxyl groups is 1. The van der Waals surface area contributed by atoms with E-state index in [0.29, 0.717) is 54.9 Å². The van der Waals surface area contributed by atoms with Crippen molar-refractivity contribution in [1.29, 1.82) is 0 Å². The molecule has 0 unspecified atom stereocenters. The molecular weight excluding hydrogens is 587 g/mol. The van der Waals surface area contributed by atoms with E-state index in [9.17, 15) is 19.8 Å². The molecule has 43 heavy (non-hydrogen) atoms. The second kappa shape index (κ2) is 12.8. The van der Waals surface area contributed by atoms with E-state index < -0.39 is 6.10 Å². The molecule has 2 aliphatic heterocycles. The molecule has 5 heterocycles. The molecule has 1 spiro atoms. The van der Waals surface area contributed by atoms with Gasteiger partial charge in [-0.2, -0.15) is 0 Å². The number of nitrogens with one attached hydrogen (secondary N) is 2. The molecule has 228 valence electrons. The van der Waals surface area contributed by atoms with Crippen molar-refractivity contribution in [1.82, 2.24) is 25.1 Å². The van der Waals surface area contributed by atoms with Crippen LogP contribution in [0.2, 0.25) is 0 Å². The molecule has 0 saturated carbocycles. The number of H-pyrrole nitrogens is 1. The van der Waals surface area contributed by atoms with Gasteiger partial charge < -0.3 is 35.1 Å². The number of nitrogens with zero attached hydrogens (tertiary/aromatic N) is 3. The number of hydrogen-bond acceptors (Lipinski definition) is 10. The molecule has 2 fully saturated rings. The van der Waals surface area contributed by atoms with Gasteiger partial charge in [-0.05, 0) is 56.0 Å². The van der Waals surface area contributed by atoms with Crippen LogP contribution in [0.3, 0.4) is 0 Å². The number of ether oxygens (including phenoxy) is 1. The van der Waals surface area contributed by atoms with Crippen molar-refractivity contribution in [3.8, 4) is 5.75 Å². The number of likely N-dealkylation sites (tertiary alicyclic amines) is 1. The third kappa shape index (κ3) is 6.84. The van der Waals surface area contributed by atoms with E-state index in [1.165, 1.54) is 33.2 Å². The number of carbonyl (C=O) groups excluding carboxylic acids is 1. The lowest BCUT2D eigenvalue weighted by atomic mass is 9.89. The molecule has 1 aromatic carbocycles. The second-order valence-electron chi connectivity index (χ2n) is 11.4. The number of aliphatic hydroxyl groups is 1. The number of aromatic amines is 1. The van der Waals surface area contributed by atoms with Crippen molar-refractivity contribution in [2.75, 3.05) is 45.9 Å². The highest BCUT2D eigenvalue weighted by atomic mass is 32.1. The van der Waals surface area contributed by atoms with E-state index >= 15 is 0 Å². The van der Waals surface area contributed by atoms with Gasteiger partial charge in [0, 0.05) is 65.9 Å². The average Bonchev–Trinajstić information content (AvgIpc) is 3.66. The Kier molecular flexibility index (Phi) is 8.94. The van der Waals surface area contributed by atoms with Crippen LogP contribution in [-0.4, -0.2) is 87.4 Å². The highest BCUT2D eigenvalue weighted by Gasteiger charge is 2.41. The van der Waals surface area contributed by atoms with Crippen LogP contribution in [0.4, 0.5) is 0 Å². The Morgan fingerprint density at radius 1 is 1.16 bits per heavy atom. The number of thiophene rings is 1. The minimum Gasteiger partial charge on any atom is -0.506 e. The maximum atomic E-state index is 13.0. The maximum Gasteiger partial charge on any atom is 0.273 e. The molecule has 1 atom stereocenters. The van der Waals surface area contributed by atoms with Crippen LogP contribution in [0.5, 0.6) is 5.75 Å². The predicted molar refractivity (Wildman–Crippen MR) is 168 cm³/mol. The first kappa shape index (κ1) is 29.9. The van der Waals surface area contributed by atoms with Gasteiger partial charge in [-0.25, -0.2) is 4.98 Å². The number of piperidine rings is 1. The Hall–Kier alpha value is -3.13. The van der Waals surface area contributed by atoms with Crippen LogP contribution < -0.4 is 10.9 Å². The third-order valence-electron chi connectivity index (χ3n) is 8.44. The molecule has 10 nitrogen and oxygen atoms in total. The molecule has 0 aliphatic carbocycles. The van der Waals surface area contributed by atoms with E-state index in [2.05, 4.69) is 32.3 Å². The maximum absolute atomic E-state index is 13.0. The predicted octanol–water partition coefficient (Wildman–Crippen LogP) is 3.43. The summed E-state index contributed by atoms with van der Waals surface area (Å²) < 4.78 is 6.27. The van der Waals surface area contributed by atoms with Gasteiger partial charge in [-0.15, -0.1) is 22.7 Å². The van der Waals surface area contributed by atoms with Gasteiger partial charge in [0.05, 0.1) is 35.4 Å². The number of fused-ring (bicyclic) bond motifs is 1. The minimum atomic E-state index is -0.786. The van der Waals surface area contributed by atoms with Crippen molar-refractivity contribution < 1.29 is 19.7 Å². The Bertz CT molecular complexity index is 1640. The van der Waals surface area contributed by atoms with Gasteiger partial charge in [0.1, 0.15) is 11.4 Å². The number of aliphatic hydroxyl groups excluding tert-OH is 1. The molecule has 0 radical (unpaired) electrons. The van der Waals surface area contributed by atoms with Gasteiger partial charge in [0.25, 0.3) is 5.91 Å². The largest absolute Gasteiger partial charge is 0.506 e. The number of rotatable bonds is 9. The van der Waals surface area contributed by atoms with E-state index in [4.69, 9.17) is 4.74 Å². The number of hydrogen-bond donors (Lipinski definition) is 4. The summed E-state index contributed by atoms with van der Waals surface area (Å²) in [7, 11) is 0. The molecule has 6 rings (SSSR count). The van der Waals surface area contributed by atoms with Gasteiger partial charge in [-0.3, -0.25) is 9.59 Å². The van der Waals surface area contributed by atoms with Gasteiger partial charge >= 0.3 is 0 Å². The lowest BCUT2D eigenvalue weighted by molar-refractivity contribution is -0.127. The number of aryl methyl sites for hydroxylation is 1. The van der Waals surface area contributed by atoms with Crippen LogP contribution >= 0.6 is 22.7 Å². The lowest BCUT2D eigenvalue weighted by Gasteiger charge is -2.47. The molecule has 1 amide bonds. The lowest BCUT2D eigenvalue weighted by Crippen LogP contribution is -2.58. The number of carbonyl (C=O) groups is 1. The Morgan fingerprint density at radius 3 is 2.77 bits per heavy atom. The summed E-state index contributed by atoms with van der Waals surface area (Å²) >= 11 is 3.29. The first-order valence-corrected chi connectivity index (χ1v) is 16.4. The normalized spacial score (nSPS) is 18.0. The average molecular weight is 624 g/mol. The zero-order valence-electron chi connectivity index (χ0n) is 24.2. The van der Waals surface area contributed by atoms with Crippen LogP contribution in [0.1, 0.15) is 49.8 Å². The first-order valence-electron chi connectivity index (χ1n) is 14.7. The fourth-order valence-electron chi connectivity index (χ4n) is 6.04. The number of phenols is 1. The molecule has 4 aromatic rings. The summed E-state index contributed by atoms with van der Waals surface area (Å²) in [5.41, 5.74) is 0.972. The molecule has 4 N–H and O–H groups in total. The summed E-state index contributed by atoms with van der Waals surface area (Å²) in [5.74, 6) is -0.00627. The summed E-state index contributed by atoms with van der Waals surface area (Å²) in [4.78, 5) is 38.6. The highest BCUT2D eigenvalue weighted by Crippen LogP contribution is 2.32. The number of thiazole rings is 1. The quantitative estimate of drug-likeness (QED) is 0.223. The van der Waals surface area contributed by atoms with Crippen molar-refractivity contribution >= 4 is 39.5 Å². The smallest absolute Gasteiger partial charge is 0.273 e. The number of amides is 1. The highest BCUT2D eigenvalue weighted by molar-refractivity contribution is 7.12. The minimum absolute atomic E-state index is 0.0124. The van der Waals surface area contributed by atoms with Crippen molar-refractivity contribution in [2.24, 2.45) is 0 Å². The van der Waals surface area contributed by atoms with E-state index in [-0.39, 0.29) is 22.8 Å². The monoisotopic (exact) mass is 623 g/mol. The SMILES string of the molecule is Cc1nc(C(=O)N2CCOC3(CCN(CCc4ccc(CNC[C@H](O)c5ccc(O)c6[nH]c(=O)ccc56)s4)CC3)C2)cs1. The summed E-state index contributed by atoms with van der Waals surface area (Å²) in [5, 5.41) is 27.6. The standard InChI is InChI=1S/C31H37N5O5S2/c1-20-33-25(18-42-20)30(40)36-14-15-41-31(19-36)9-12-35(13-10-31)11-8-21-2-3-22(43-21)16-32-17-27(38)23-4-6-26(37)29-24(23)5-7-28(39)34-29/h2-7,18,27,32,37-38H,8-17,19H2,1H3,(H,34,39)/t27-/m0/s1. The van der Waals surface area contributed by atoms with E-state index in [0.717, 1.165) is 43.9 Å². The third-order valence-corrected chi connectivity index (χ3v) is 10.4. The molecule has 2 saturated heterocycles. The zero-order chi connectivity index (χ0) is 30.0. The Balaban J connectivity index is 0.948. The number of phenolic OH excluding ortho intramolecular Hbond substituents is 1. The molecule has 3 aromatic heterocycles. The molecule has 12 heteroatoms. The first-order chi connectivity index (χ1) is 20.8. The number of benzene rings is 1. The summed E-state index contributed by atoms with van der Waals surface area (Å²) in [6.45, 7) is 7.63. The fourth-order valence-corrected chi connectivity index (χ4v) is 7.60. The topological polar surface area (TPSA) is 131 Å². The van der Waals surface area contributed by atoms with Gasteiger partial charge in [0.2, 0.25) is 5.56 Å². The number of morpholine rings is 1. The van der Waals surface area contributed by atoms with Crippen LogP contribution in [0, 0.1) is 6.92 Å². The zero-order valence-corrected chi connectivity index (χ0v) is 25.8. The van der Waals surface area contributed by atoms with E-state index in [1.54, 1.807) is 23.5 Å². The van der Waals surface area contributed by atoms with Crippen LogP contribution in [-0.2, 0) is 17.7 Å². The summed E-state index contributed by atoms with van der Waals surface area (Å²) in [6, 6.07) is 10.5. The van der Waals surface area contributed by atoms with Crippen LogP contribution in [0.15, 0.2) is 46.6 Å². The van der Waals surface area contributed by atoms with E-state index in [1.807, 2.05) is 17.2 Å². The second-order valence-corrected chi connectivity index (χ2v) is 13.7. The molecular formula is C31H37N5O5S2. The fraction of sp³-hybridized carbons (Fsp3) is 0.452. The molecule has 0 bridgehead atoms.